The van der Waals surface area contributed by atoms with Crippen molar-refractivity contribution in [3.05, 3.63) is 77.9 Å². The molecule has 1 unspecified atom stereocenters. The molecule has 4 aliphatic heterocycles. The first kappa shape index (κ1) is 31.0. The van der Waals surface area contributed by atoms with Crippen molar-refractivity contribution >= 4 is 29.1 Å². The van der Waals surface area contributed by atoms with Crippen molar-refractivity contribution < 1.29 is 29.0 Å². The van der Waals surface area contributed by atoms with Crippen LogP contribution in [0.5, 0.6) is 5.75 Å². The fourth-order valence-corrected chi connectivity index (χ4v) is 7.80. The van der Waals surface area contributed by atoms with Crippen molar-refractivity contribution in [3.63, 3.8) is 0 Å². The molecular formula is C36H43N3O6. The van der Waals surface area contributed by atoms with Gasteiger partial charge in [0.2, 0.25) is 11.8 Å². The van der Waals surface area contributed by atoms with Crippen LogP contribution in [0.25, 0.3) is 0 Å². The fourth-order valence-electron chi connectivity index (χ4n) is 7.80. The van der Waals surface area contributed by atoms with E-state index in [9.17, 15) is 19.5 Å². The lowest BCUT2D eigenvalue weighted by atomic mass is 9.77. The van der Waals surface area contributed by atoms with Gasteiger partial charge in [0.1, 0.15) is 17.4 Å². The maximum absolute atomic E-state index is 14.9. The van der Waals surface area contributed by atoms with Crippen molar-refractivity contribution in [1.29, 1.82) is 0 Å². The second-order valence-corrected chi connectivity index (χ2v) is 12.6. The minimum Gasteiger partial charge on any atom is -0.494 e. The van der Waals surface area contributed by atoms with Gasteiger partial charge in [0.15, 0.2) is 0 Å². The van der Waals surface area contributed by atoms with Crippen molar-refractivity contribution in [2.24, 2.45) is 17.8 Å². The lowest BCUT2D eigenvalue weighted by Crippen LogP contribution is -2.59. The Morgan fingerprint density at radius 2 is 1.64 bits per heavy atom. The van der Waals surface area contributed by atoms with Crippen LogP contribution >= 0.6 is 0 Å². The van der Waals surface area contributed by atoms with Gasteiger partial charge in [0.25, 0.3) is 5.91 Å². The number of fused-ring (bicyclic) bond motifs is 2. The van der Waals surface area contributed by atoms with E-state index in [1.54, 1.807) is 14.7 Å². The summed E-state index contributed by atoms with van der Waals surface area (Å²) in [5, 5.41) is 10.7. The van der Waals surface area contributed by atoms with E-state index in [0.717, 1.165) is 16.8 Å². The zero-order chi connectivity index (χ0) is 32.0. The second kappa shape index (κ2) is 12.1. The third-order valence-corrected chi connectivity index (χ3v) is 10.1. The number of rotatable bonds is 8. The van der Waals surface area contributed by atoms with E-state index >= 15 is 0 Å². The first-order chi connectivity index (χ1) is 21.7. The van der Waals surface area contributed by atoms with Crippen molar-refractivity contribution in [3.8, 4) is 5.75 Å². The highest BCUT2D eigenvalue weighted by Gasteiger charge is 2.72. The Balaban J connectivity index is 1.46. The molecule has 2 aromatic rings. The molecule has 45 heavy (non-hydrogen) atoms. The molecule has 0 saturated carbocycles. The quantitative estimate of drug-likeness (QED) is 0.449. The molecule has 2 fully saturated rings. The zero-order valence-corrected chi connectivity index (χ0v) is 26.7. The highest BCUT2D eigenvalue weighted by Crippen LogP contribution is 2.55. The molecule has 0 aromatic heterocycles. The molecule has 9 heteroatoms. The smallest absolute Gasteiger partial charge is 0.253 e. The SMILES string of the molecule is CCOc1ccc(N2CC=C[C@@H]3O[C@]45C=CCN(c6c(C)cccc6C)C(=O)C4N([C@@H](CO)[C@@H](C)CC)C(=O)[C@@H]5[C@@H]3C2=O)cc1. The van der Waals surface area contributed by atoms with Gasteiger partial charge < -0.3 is 29.3 Å². The highest BCUT2D eigenvalue weighted by molar-refractivity contribution is 6.08. The number of hydrogen-bond donors (Lipinski definition) is 1. The number of aliphatic hydroxyl groups excluding tert-OH is 1. The first-order valence-electron chi connectivity index (χ1n) is 16.1. The van der Waals surface area contributed by atoms with Crippen molar-refractivity contribution in [2.45, 2.75) is 64.8 Å². The topological polar surface area (TPSA) is 99.6 Å². The Kier molecular flexibility index (Phi) is 8.35. The number of benzene rings is 2. The molecule has 2 saturated heterocycles. The van der Waals surface area contributed by atoms with E-state index in [2.05, 4.69) is 0 Å². The number of aliphatic hydroxyl groups is 1. The summed E-state index contributed by atoms with van der Waals surface area (Å²) in [6.45, 7) is 10.7. The Bertz CT molecular complexity index is 1520. The van der Waals surface area contributed by atoms with Crippen LogP contribution in [0.15, 0.2) is 66.8 Å². The number of nitrogens with zero attached hydrogens (tertiary/aromatic N) is 3. The van der Waals surface area contributed by atoms with E-state index in [4.69, 9.17) is 9.47 Å². The zero-order valence-electron chi connectivity index (χ0n) is 26.7. The van der Waals surface area contributed by atoms with Gasteiger partial charge in [-0.15, -0.1) is 0 Å². The highest BCUT2D eigenvalue weighted by atomic mass is 16.5. The monoisotopic (exact) mass is 613 g/mol. The van der Waals surface area contributed by atoms with Gasteiger partial charge in [-0.2, -0.15) is 0 Å². The van der Waals surface area contributed by atoms with Crippen LogP contribution in [-0.4, -0.2) is 77.8 Å². The van der Waals surface area contributed by atoms with Crippen LogP contribution in [0.3, 0.4) is 0 Å². The van der Waals surface area contributed by atoms with Gasteiger partial charge in [-0.3, -0.25) is 14.4 Å². The van der Waals surface area contributed by atoms with Crippen LogP contribution in [-0.2, 0) is 19.1 Å². The van der Waals surface area contributed by atoms with Crippen molar-refractivity contribution in [1.82, 2.24) is 4.90 Å². The Hall–Kier alpha value is -3.95. The van der Waals surface area contributed by atoms with Gasteiger partial charge in [-0.1, -0.05) is 62.8 Å². The lowest BCUT2D eigenvalue weighted by Gasteiger charge is -2.40. The summed E-state index contributed by atoms with van der Waals surface area (Å²) in [6, 6.07) is 11.6. The van der Waals surface area contributed by atoms with Gasteiger partial charge in [-0.05, 0) is 62.1 Å². The lowest BCUT2D eigenvalue weighted by molar-refractivity contribution is -0.145. The first-order valence-corrected chi connectivity index (χ1v) is 16.1. The minimum absolute atomic E-state index is 0.0932. The molecule has 4 heterocycles. The summed E-state index contributed by atoms with van der Waals surface area (Å²) >= 11 is 0. The molecule has 0 aliphatic carbocycles. The van der Waals surface area contributed by atoms with E-state index < -0.39 is 35.6 Å². The Morgan fingerprint density at radius 3 is 2.29 bits per heavy atom. The largest absolute Gasteiger partial charge is 0.494 e. The van der Waals surface area contributed by atoms with Crippen LogP contribution in [0, 0.1) is 31.6 Å². The van der Waals surface area contributed by atoms with Gasteiger partial charge in [0, 0.05) is 24.5 Å². The number of anilines is 2. The molecule has 238 valence electrons. The fraction of sp³-hybridized carbons (Fsp3) is 0.472. The van der Waals surface area contributed by atoms with E-state index in [-0.39, 0.29) is 30.2 Å². The molecular weight excluding hydrogens is 570 g/mol. The Morgan fingerprint density at radius 1 is 0.956 bits per heavy atom. The molecule has 3 amide bonds. The molecule has 9 nitrogen and oxygen atoms in total. The Labute approximate surface area is 265 Å². The number of aryl methyl sites for hydroxylation is 2. The summed E-state index contributed by atoms with van der Waals surface area (Å²) in [6.07, 6.45) is 7.52. The average Bonchev–Trinajstić information content (AvgIpc) is 3.34. The third-order valence-electron chi connectivity index (χ3n) is 10.1. The van der Waals surface area contributed by atoms with Crippen LogP contribution in [0.1, 0.15) is 38.3 Å². The van der Waals surface area contributed by atoms with Crippen LogP contribution < -0.4 is 14.5 Å². The minimum atomic E-state index is -1.38. The molecule has 0 radical (unpaired) electrons. The molecule has 4 aliphatic rings. The average molecular weight is 614 g/mol. The maximum Gasteiger partial charge on any atom is 0.253 e. The molecule has 1 spiro atoms. The summed E-state index contributed by atoms with van der Waals surface area (Å²) < 4.78 is 12.4. The normalized spacial score (nSPS) is 28.8. The molecule has 1 N–H and O–H groups in total. The number of carbonyl (C=O) groups is 3. The molecule has 0 bridgehead atoms. The standard InChI is InChI=1S/C36H43N3O6/c1-6-22(3)27(21-40)39-32-35(43)38(31-23(4)11-8-12-24(31)5)20-10-18-36(32)30(34(39)42)29-28(45-36)13-9-19-37(33(29)41)25-14-16-26(17-15-25)44-7-2/h8-18,22,27-30,32,40H,6-7,19-21H2,1-5H3/t22-,27-,28-,29+,30-,32?,36-/m0/s1. The predicted molar refractivity (Wildman–Crippen MR) is 172 cm³/mol. The molecule has 2 aromatic carbocycles. The van der Waals surface area contributed by atoms with Crippen LogP contribution in [0.2, 0.25) is 0 Å². The van der Waals surface area contributed by atoms with Crippen LogP contribution in [0.4, 0.5) is 11.4 Å². The number of hydrogen-bond acceptors (Lipinski definition) is 6. The van der Waals surface area contributed by atoms with E-state index in [0.29, 0.717) is 37.6 Å². The van der Waals surface area contributed by atoms with Crippen molar-refractivity contribution in [2.75, 3.05) is 36.1 Å². The maximum atomic E-state index is 14.9. The number of amides is 3. The number of ether oxygens (including phenoxy) is 2. The summed E-state index contributed by atoms with van der Waals surface area (Å²) in [7, 11) is 0. The summed E-state index contributed by atoms with van der Waals surface area (Å²) in [4.78, 5) is 49.2. The van der Waals surface area contributed by atoms with Gasteiger partial charge in [0.05, 0.1) is 37.2 Å². The number of likely N-dealkylation sites (tertiary alicyclic amines) is 1. The predicted octanol–water partition coefficient (Wildman–Crippen LogP) is 4.20. The summed E-state index contributed by atoms with van der Waals surface area (Å²) in [5.74, 6) is -2.01. The number of carbonyl (C=O) groups excluding carboxylic acids is 3. The summed E-state index contributed by atoms with van der Waals surface area (Å²) in [5.41, 5.74) is 2.01. The third kappa shape index (κ3) is 4.88. The number of para-hydroxylation sites is 1. The molecule has 6 rings (SSSR count). The van der Waals surface area contributed by atoms with E-state index in [1.807, 2.05) is 101 Å². The van der Waals surface area contributed by atoms with E-state index in [1.165, 1.54) is 0 Å². The van der Waals surface area contributed by atoms with Gasteiger partial charge in [-0.25, -0.2) is 0 Å². The molecule has 7 atom stereocenters. The second-order valence-electron chi connectivity index (χ2n) is 12.6. The van der Waals surface area contributed by atoms with Gasteiger partial charge >= 0.3 is 0 Å².